The first-order valence-corrected chi connectivity index (χ1v) is 7.02. The maximum atomic E-state index is 3.69. The Morgan fingerprint density at radius 1 is 1.33 bits per heavy atom. The smallest absolute Gasteiger partial charge is 0.0388 e. The summed E-state index contributed by atoms with van der Waals surface area (Å²) in [5, 5.41) is 3.69. The van der Waals surface area contributed by atoms with Crippen LogP contribution >= 0.6 is 11.3 Å². The number of fused-ring (bicyclic) bond motifs is 1. The molecule has 1 atom stereocenters. The normalized spacial score (nSPS) is 22.5. The van der Waals surface area contributed by atoms with E-state index in [0.717, 1.165) is 6.04 Å². The molecule has 0 spiro atoms. The largest absolute Gasteiger partial charge is 0.307 e. The Bertz CT molecular complexity index is 328. The van der Waals surface area contributed by atoms with E-state index in [1.807, 2.05) is 0 Å². The summed E-state index contributed by atoms with van der Waals surface area (Å²) in [7, 11) is 0. The lowest BCUT2D eigenvalue weighted by atomic mass is 9.99. The van der Waals surface area contributed by atoms with Crippen LogP contribution < -0.4 is 5.32 Å². The highest BCUT2D eigenvalue weighted by Crippen LogP contribution is 2.34. The van der Waals surface area contributed by atoms with Gasteiger partial charge in [0, 0.05) is 21.8 Å². The van der Waals surface area contributed by atoms with Gasteiger partial charge in [0.05, 0.1) is 0 Å². The Hall–Kier alpha value is -0.340. The van der Waals surface area contributed by atoms with Crippen LogP contribution in [-0.2, 0) is 12.8 Å². The monoisotopic (exact) mass is 221 g/mol. The highest BCUT2D eigenvalue weighted by molar-refractivity contribution is 7.12. The van der Waals surface area contributed by atoms with E-state index in [1.54, 1.807) is 15.3 Å². The molecule has 1 fully saturated rings. The highest BCUT2D eigenvalue weighted by atomic mass is 32.1. The Morgan fingerprint density at radius 3 is 2.87 bits per heavy atom. The zero-order valence-corrected chi connectivity index (χ0v) is 10.2. The Kier molecular flexibility index (Phi) is 2.57. The van der Waals surface area contributed by atoms with Gasteiger partial charge in [-0.1, -0.05) is 0 Å². The van der Waals surface area contributed by atoms with Crippen LogP contribution in [0.25, 0.3) is 0 Å². The third-order valence-electron chi connectivity index (χ3n) is 3.51. The third kappa shape index (κ3) is 2.11. The van der Waals surface area contributed by atoms with E-state index in [4.69, 9.17) is 0 Å². The number of aryl methyl sites for hydroxylation is 2. The quantitative estimate of drug-likeness (QED) is 0.824. The van der Waals surface area contributed by atoms with Crippen LogP contribution in [-0.4, -0.2) is 6.04 Å². The van der Waals surface area contributed by atoms with Crippen molar-refractivity contribution in [1.82, 2.24) is 5.32 Å². The van der Waals surface area contributed by atoms with Crippen molar-refractivity contribution in [2.45, 2.75) is 57.5 Å². The van der Waals surface area contributed by atoms with Gasteiger partial charge in [0.25, 0.3) is 0 Å². The zero-order chi connectivity index (χ0) is 10.3. The van der Waals surface area contributed by atoms with Gasteiger partial charge in [-0.25, -0.2) is 0 Å². The first-order valence-electron chi connectivity index (χ1n) is 6.20. The Morgan fingerprint density at radius 2 is 2.13 bits per heavy atom. The molecule has 82 valence electrons. The number of hydrogen-bond donors (Lipinski definition) is 1. The van der Waals surface area contributed by atoms with Crippen molar-refractivity contribution in [1.29, 1.82) is 0 Å². The van der Waals surface area contributed by atoms with Crippen LogP contribution in [0.3, 0.4) is 0 Å². The molecule has 1 unspecified atom stereocenters. The van der Waals surface area contributed by atoms with E-state index >= 15 is 0 Å². The number of rotatable bonds is 3. The van der Waals surface area contributed by atoms with Crippen molar-refractivity contribution in [3.63, 3.8) is 0 Å². The molecule has 1 nitrogen and oxygen atoms in total. The van der Waals surface area contributed by atoms with Crippen molar-refractivity contribution in [3.05, 3.63) is 21.4 Å². The van der Waals surface area contributed by atoms with Crippen LogP contribution in [0, 0.1) is 0 Å². The van der Waals surface area contributed by atoms with Crippen LogP contribution in [0.5, 0.6) is 0 Å². The average molecular weight is 221 g/mol. The maximum absolute atomic E-state index is 3.69. The third-order valence-corrected chi connectivity index (χ3v) is 4.93. The molecule has 2 heteroatoms. The van der Waals surface area contributed by atoms with E-state index < -0.39 is 0 Å². The summed E-state index contributed by atoms with van der Waals surface area (Å²) < 4.78 is 0. The van der Waals surface area contributed by atoms with E-state index in [0.29, 0.717) is 6.04 Å². The molecule has 0 saturated heterocycles. The van der Waals surface area contributed by atoms with Gasteiger partial charge in [-0.15, -0.1) is 11.3 Å². The average Bonchev–Trinajstić information content (AvgIpc) is 2.95. The van der Waals surface area contributed by atoms with E-state index in [2.05, 4.69) is 29.6 Å². The van der Waals surface area contributed by atoms with Gasteiger partial charge >= 0.3 is 0 Å². The van der Waals surface area contributed by atoms with Gasteiger partial charge in [0.15, 0.2) is 0 Å². The summed E-state index contributed by atoms with van der Waals surface area (Å²) in [4.78, 5) is 3.23. The summed E-state index contributed by atoms with van der Waals surface area (Å²) in [6.45, 7) is 2.32. The molecule has 1 heterocycles. The minimum atomic E-state index is 0.577. The van der Waals surface area contributed by atoms with E-state index in [9.17, 15) is 0 Å². The fourth-order valence-corrected chi connectivity index (χ4v) is 3.68. The van der Waals surface area contributed by atoms with Crippen molar-refractivity contribution >= 4 is 11.3 Å². The standard InChI is InChI=1S/C13H19NS/c1-9(14-11-6-7-11)13-8-10-4-2-3-5-12(10)15-13/h8-9,11,14H,2-7H2,1H3. The molecule has 1 aromatic heterocycles. The fourth-order valence-electron chi connectivity index (χ4n) is 2.41. The van der Waals surface area contributed by atoms with E-state index in [-0.39, 0.29) is 0 Å². The first-order chi connectivity index (χ1) is 7.33. The molecule has 0 amide bonds. The van der Waals surface area contributed by atoms with Gasteiger partial charge in [0.2, 0.25) is 0 Å². The molecule has 0 aliphatic heterocycles. The van der Waals surface area contributed by atoms with Crippen molar-refractivity contribution in [2.75, 3.05) is 0 Å². The molecular weight excluding hydrogens is 202 g/mol. The molecule has 0 aromatic carbocycles. The summed E-state index contributed by atoms with van der Waals surface area (Å²) in [5.74, 6) is 0. The van der Waals surface area contributed by atoms with Crippen molar-refractivity contribution in [2.24, 2.45) is 0 Å². The highest BCUT2D eigenvalue weighted by Gasteiger charge is 2.24. The lowest BCUT2D eigenvalue weighted by Crippen LogP contribution is -2.19. The number of hydrogen-bond acceptors (Lipinski definition) is 2. The van der Waals surface area contributed by atoms with Crippen LogP contribution in [0.4, 0.5) is 0 Å². The molecule has 1 N–H and O–H groups in total. The molecular formula is C13H19NS. The first kappa shape index (κ1) is 9.86. The van der Waals surface area contributed by atoms with Gasteiger partial charge < -0.3 is 5.32 Å². The summed E-state index contributed by atoms with van der Waals surface area (Å²) in [6, 6.07) is 3.85. The molecule has 0 bridgehead atoms. The minimum Gasteiger partial charge on any atom is -0.307 e. The topological polar surface area (TPSA) is 12.0 Å². The van der Waals surface area contributed by atoms with Crippen LogP contribution in [0.2, 0.25) is 0 Å². The SMILES string of the molecule is CC(NC1CC1)c1cc2c(s1)CCCC2. The van der Waals surface area contributed by atoms with Gasteiger partial charge in [-0.2, -0.15) is 0 Å². The van der Waals surface area contributed by atoms with Crippen LogP contribution in [0.1, 0.15) is 54.0 Å². The second-order valence-corrected chi connectivity index (χ2v) is 6.14. The molecule has 2 aliphatic carbocycles. The zero-order valence-electron chi connectivity index (χ0n) is 9.38. The molecule has 3 rings (SSSR count). The van der Waals surface area contributed by atoms with Crippen molar-refractivity contribution < 1.29 is 0 Å². The molecule has 15 heavy (non-hydrogen) atoms. The number of nitrogens with one attached hydrogen (secondary N) is 1. The van der Waals surface area contributed by atoms with E-state index in [1.165, 1.54) is 38.5 Å². The molecule has 2 aliphatic rings. The minimum absolute atomic E-state index is 0.577. The Balaban J connectivity index is 1.75. The second kappa shape index (κ2) is 3.91. The fraction of sp³-hybridized carbons (Fsp3) is 0.692. The molecule has 1 saturated carbocycles. The molecule has 0 radical (unpaired) electrons. The lowest BCUT2D eigenvalue weighted by molar-refractivity contribution is 0.579. The predicted molar refractivity (Wildman–Crippen MR) is 65.5 cm³/mol. The van der Waals surface area contributed by atoms with Crippen LogP contribution in [0.15, 0.2) is 6.07 Å². The Labute approximate surface area is 95.9 Å². The second-order valence-electron chi connectivity index (χ2n) is 4.97. The summed E-state index contributed by atoms with van der Waals surface area (Å²) in [6.07, 6.45) is 8.22. The van der Waals surface area contributed by atoms with Gasteiger partial charge in [0.1, 0.15) is 0 Å². The van der Waals surface area contributed by atoms with Gasteiger partial charge in [-0.3, -0.25) is 0 Å². The summed E-state index contributed by atoms with van der Waals surface area (Å²) >= 11 is 2.05. The maximum Gasteiger partial charge on any atom is 0.0388 e. The number of thiophene rings is 1. The lowest BCUT2D eigenvalue weighted by Gasteiger charge is -2.10. The predicted octanol–water partition coefficient (Wildman–Crippen LogP) is 3.44. The van der Waals surface area contributed by atoms with Crippen molar-refractivity contribution in [3.8, 4) is 0 Å². The van der Waals surface area contributed by atoms with Gasteiger partial charge in [-0.05, 0) is 57.1 Å². The molecule has 1 aromatic rings. The summed E-state index contributed by atoms with van der Waals surface area (Å²) in [5.41, 5.74) is 1.64.